The van der Waals surface area contributed by atoms with Gasteiger partial charge in [-0.25, -0.2) is 4.79 Å². The molecule has 1 aliphatic rings. The van der Waals surface area contributed by atoms with E-state index >= 15 is 0 Å². The van der Waals surface area contributed by atoms with Gasteiger partial charge in [-0.2, -0.15) is 0 Å². The van der Waals surface area contributed by atoms with E-state index < -0.39 is 0 Å². The summed E-state index contributed by atoms with van der Waals surface area (Å²) < 4.78 is 0. The quantitative estimate of drug-likeness (QED) is 0.839. The molecule has 1 aromatic rings. The van der Waals surface area contributed by atoms with E-state index in [4.69, 9.17) is 0 Å². The Kier molecular flexibility index (Phi) is 3.39. The summed E-state index contributed by atoms with van der Waals surface area (Å²) in [5.41, 5.74) is 0.945. The van der Waals surface area contributed by atoms with Crippen molar-refractivity contribution in [3.05, 3.63) is 30.1 Å². The maximum atomic E-state index is 11.8. The van der Waals surface area contributed by atoms with Crippen LogP contribution < -0.4 is 5.32 Å². The fourth-order valence-electron chi connectivity index (χ4n) is 1.67. The molecule has 4 nitrogen and oxygen atoms in total. The number of hydrogen-bond donors (Lipinski definition) is 1. The normalized spacial score (nSPS) is 14.6. The van der Waals surface area contributed by atoms with Gasteiger partial charge in [-0.3, -0.25) is 4.98 Å². The molecule has 1 N–H and O–H groups in total. The van der Waals surface area contributed by atoms with E-state index in [1.807, 2.05) is 30.0 Å². The second kappa shape index (κ2) is 4.96. The van der Waals surface area contributed by atoms with E-state index in [-0.39, 0.29) is 6.03 Å². The van der Waals surface area contributed by atoms with Gasteiger partial charge in [0.15, 0.2) is 0 Å². The van der Waals surface area contributed by atoms with Gasteiger partial charge in [0.2, 0.25) is 0 Å². The Hall–Kier alpha value is -1.58. The van der Waals surface area contributed by atoms with E-state index in [1.165, 1.54) is 0 Å². The Labute approximate surface area is 95.7 Å². The van der Waals surface area contributed by atoms with Crippen LogP contribution in [0.1, 0.15) is 25.5 Å². The van der Waals surface area contributed by atoms with Crippen LogP contribution in [0.15, 0.2) is 24.4 Å². The summed E-state index contributed by atoms with van der Waals surface area (Å²) in [6.07, 6.45) is 3.99. The van der Waals surface area contributed by atoms with Crippen LogP contribution in [0.25, 0.3) is 0 Å². The number of urea groups is 1. The second-order valence-corrected chi connectivity index (χ2v) is 4.02. The van der Waals surface area contributed by atoms with E-state index in [0.29, 0.717) is 19.1 Å². The van der Waals surface area contributed by atoms with Crippen LogP contribution >= 0.6 is 0 Å². The van der Waals surface area contributed by atoms with Gasteiger partial charge in [0.05, 0.1) is 12.2 Å². The monoisotopic (exact) mass is 219 g/mol. The molecule has 0 aromatic carbocycles. The fraction of sp³-hybridized carbons (Fsp3) is 0.500. The number of carbonyl (C=O) groups excluding carboxylic acids is 1. The molecule has 1 fully saturated rings. The van der Waals surface area contributed by atoms with Crippen LogP contribution in [0.3, 0.4) is 0 Å². The molecule has 1 aliphatic carbocycles. The molecule has 0 radical (unpaired) electrons. The number of carbonyl (C=O) groups is 1. The van der Waals surface area contributed by atoms with Crippen molar-refractivity contribution in [1.82, 2.24) is 15.2 Å². The van der Waals surface area contributed by atoms with E-state index in [2.05, 4.69) is 10.3 Å². The highest BCUT2D eigenvalue weighted by atomic mass is 16.2. The minimum Gasteiger partial charge on any atom is -0.338 e. The van der Waals surface area contributed by atoms with Crippen molar-refractivity contribution >= 4 is 6.03 Å². The first kappa shape index (κ1) is 10.9. The molecule has 0 atom stereocenters. The summed E-state index contributed by atoms with van der Waals surface area (Å²) in [4.78, 5) is 17.9. The Morgan fingerprint density at radius 2 is 2.38 bits per heavy atom. The molecular weight excluding hydrogens is 202 g/mol. The van der Waals surface area contributed by atoms with Gasteiger partial charge in [-0.1, -0.05) is 6.07 Å². The lowest BCUT2D eigenvalue weighted by molar-refractivity contribution is 0.192. The lowest BCUT2D eigenvalue weighted by atomic mass is 10.3. The number of pyridine rings is 1. The summed E-state index contributed by atoms with van der Waals surface area (Å²) in [6, 6.07) is 6.22. The molecule has 0 unspecified atom stereocenters. The van der Waals surface area contributed by atoms with Crippen molar-refractivity contribution in [2.75, 3.05) is 6.54 Å². The van der Waals surface area contributed by atoms with Crippen molar-refractivity contribution < 1.29 is 4.79 Å². The van der Waals surface area contributed by atoms with E-state index in [9.17, 15) is 4.79 Å². The number of nitrogens with one attached hydrogen (secondary N) is 1. The Morgan fingerprint density at radius 1 is 1.56 bits per heavy atom. The second-order valence-electron chi connectivity index (χ2n) is 4.02. The molecule has 1 heterocycles. The number of nitrogens with zero attached hydrogens (tertiary/aromatic N) is 2. The predicted molar refractivity (Wildman–Crippen MR) is 61.9 cm³/mol. The summed E-state index contributed by atoms with van der Waals surface area (Å²) in [6.45, 7) is 3.21. The number of aromatic nitrogens is 1. The van der Waals surface area contributed by atoms with Gasteiger partial charge in [0, 0.05) is 18.8 Å². The Bertz CT molecular complexity index is 349. The molecule has 16 heavy (non-hydrogen) atoms. The van der Waals surface area contributed by atoms with Crippen LogP contribution in [0.2, 0.25) is 0 Å². The standard InChI is InChI=1S/C12H17N3O/c1-2-13-12(16)15(11-6-7-11)9-10-5-3-4-8-14-10/h3-5,8,11H,2,6-7,9H2,1H3,(H,13,16). The van der Waals surface area contributed by atoms with Gasteiger partial charge in [-0.15, -0.1) is 0 Å². The van der Waals surface area contributed by atoms with E-state index in [0.717, 1.165) is 18.5 Å². The molecule has 86 valence electrons. The topological polar surface area (TPSA) is 45.2 Å². The summed E-state index contributed by atoms with van der Waals surface area (Å²) in [7, 11) is 0. The number of hydrogen-bond acceptors (Lipinski definition) is 2. The average molecular weight is 219 g/mol. The molecule has 2 rings (SSSR count). The number of rotatable bonds is 4. The molecule has 0 bridgehead atoms. The first-order valence-electron chi connectivity index (χ1n) is 5.75. The van der Waals surface area contributed by atoms with Crippen molar-refractivity contribution in [1.29, 1.82) is 0 Å². The fourth-order valence-corrected chi connectivity index (χ4v) is 1.67. The zero-order valence-electron chi connectivity index (χ0n) is 9.52. The van der Waals surface area contributed by atoms with Crippen LogP contribution in [0, 0.1) is 0 Å². The zero-order chi connectivity index (χ0) is 11.4. The number of amides is 2. The minimum absolute atomic E-state index is 0.0238. The zero-order valence-corrected chi connectivity index (χ0v) is 9.52. The smallest absolute Gasteiger partial charge is 0.317 e. The molecule has 0 spiro atoms. The van der Waals surface area contributed by atoms with Crippen molar-refractivity contribution in [2.45, 2.75) is 32.4 Å². The SMILES string of the molecule is CCNC(=O)N(Cc1ccccn1)C1CC1. The first-order valence-corrected chi connectivity index (χ1v) is 5.75. The molecule has 4 heteroatoms. The summed E-state index contributed by atoms with van der Waals surface area (Å²) in [5, 5.41) is 2.85. The molecular formula is C12H17N3O. The van der Waals surface area contributed by atoms with Crippen LogP contribution in [-0.2, 0) is 6.54 Å². The van der Waals surface area contributed by atoms with Gasteiger partial charge in [0.25, 0.3) is 0 Å². The van der Waals surface area contributed by atoms with Crippen molar-refractivity contribution in [3.63, 3.8) is 0 Å². The molecule has 1 saturated carbocycles. The molecule has 0 saturated heterocycles. The van der Waals surface area contributed by atoms with Crippen molar-refractivity contribution in [3.8, 4) is 0 Å². The van der Waals surface area contributed by atoms with E-state index in [1.54, 1.807) is 6.20 Å². The third-order valence-corrected chi connectivity index (χ3v) is 2.63. The summed E-state index contributed by atoms with van der Waals surface area (Å²) in [5.74, 6) is 0. The predicted octanol–water partition coefficient (Wildman–Crippen LogP) is 1.78. The Balaban J connectivity index is 2.00. The molecule has 1 aromatic heterocycles. The van der Waals surface area contributed by atoms with Gasteiger partial charge >= 0.3 is 6.03 Å². The maximum Gasteiger partial charge on any atom is 0.317 e. The van der Waals surface area contributed by atoms with Gasteiger partial charge in [0.1, 0.15) is 0 Å². The average Bonchev–Trinajstić information content (AvgIpc) is 3.11. The maximum absolute atomic E-state index is 11.8. The van der Waals surface area contributed by atoms with Gasteiger partial charge in [-0.05, 0) is 31.9 Å². The highest BCUT2D eigenvalue weighted by molar-refractivity contribution is 5.74. The largest absolute Gasteiger partial charge is 0.338 e. The highest BCUT2D eigenvalue weighted by Gasteiger charge is 2.32. The van der Waals surface area contributed by atoms with Gasteiger partial charge < -0.3 is 10.2 Å². The first-order chi connectivity index (χ1) is 7.81. The Morgan fingerprint density at radius 3 is 2.94 bits per heavy atom. The third-order valence-electron chi connectivity index (χ3n) is 2.63. The lowest BCUT2D eigenvalue weighted by Crippen LogP contribution is -2.40. The molecule has 0 aliphatic heterocycles. The van der Waals surface area contributed by atoms with Crippen LogP contribution in [-0.4, -0.2) is 28.5 Å². The third kappa shape index (κ3) is 2.72. The van der Waals surface area contributed by atoms with Crippen LogP contribution in [0.4, 0.5) is 4.79 Å². The lowest BCUT2D eigenvalue weighted by Gasteiger charge is -2.22. The molecule has 2 amide bonds. The summed E-state index contributed by atoms with van der Waals surface area (Å²) >= 11 is 0. The highest BCUT2D eigenvalue weighted by Crippen LogP contribution is 2.27. The van der Waals surface area contributed by atoms with Crippen LogP contribution in [0.5, 0.6) is 0 Å². The van der Waals surface area contributed by atoms with Crippen molar-refractivity contribution in [2.24, 2.45) is 0 Å². The minimum atomic E-state index is 0.0238.